The van der Waals surface area contributed by atoms with Crippen molar-refractivity contribution in [1.82, 2.24) is 4.90 Å². The monoisotopic (exact) mass is 434 g/mol. The van der Waals surface area contributed by atoms with Crippen molar-refractivity contribution in [3.8, 4) is 0 Å². The third kappa shape index (κ3) is 3.53. The molecule has 1 saturated heterocycles. The summed E-state index contributed by atoms with van der Waals surface area (Å²) in [7, 11) is 1.56. The van der Waals surface area contributed by atoms with Crippen LogP contribution in [0.1, 0.15) is 26.7 Å². The number of benzene rings is 2. The largest absolute Gasteiger partial charge is 0.451 e. The highest BCUT2D eigenvalue weighted by molar-refractivity contribution is 6.15. The maximum atomic E-state index is 13.3. The molecule has 0 unspecified atom stereocenters. The number of carbonyl (C=O) groups is 2. The second-order valence-corrected chi connectivity index (χ2v) is 7.50. The Morgan fingerprint density at radius 2 is 1.56 bits per heavy atom. The number of rotatable bonds is 5. The molecule has 3 heterocycles. The Morgan fingerprint density at radius 3 is 2.28 bits per heavy atom. The predicted octanol–water partition coefficient (Wildman–Crippen LogP) is 4.05. The van der Waals surface area contributed by atoms with Crippen LogP contribution in [0.15, 0.2) is 57.4 Å². The highest BCUT2D eigenvalue weighted by Gasteiger charge is 2.29. The minimum atomic E-state index is -0.476. The molecule has 1 N–H and O–H groups in total. The quantitative estimate of drug-likeness (QED) is 0.509. The lowest BCUT2D eigenvalue weighted by molar-refractivity contribution is 0.0285. The molecule has 0 saturated carbocycles. The van der Waals surface area contributed by atoms with Gasteiger partial charge in [-0.25, -0.2) is 0 Å². The first-order chi connectivity index (χ1) is 15.7. The molecule has 4 aromatic rings. The molecule has 164 valence electrons. The molecule has 0 radical (unpaired) electrons. The van der Waals surface area contributed by atoms with Crippen molar-refractivity contribution in [2.45, 2.75) is 6.61 Å². The van der Waals surface area contributed by atoms with E-state index in [0.717, 1.165) is 5.39 Å². The van der Waals surface area contributed by atoms with Crippen molar-refractivity contribution in [1.29, 1.82) is 0 Å². The van der Waals surface area contributed by atoms with E-state index in [-0.39, 0.29) is 24.0 Å². The lowest BCUT2D eigenvalue weighted by atomic mass is 10.1. The average molecular weight is 434 g/mol. The number of methoxy groups -OCH3 is 1. The van der Waals surface area contributed by atoms with E-state index in [0.29, 0.717) is 54.1 Å². The summed E-state index contributed by atoms with van der Waals surface area (Å²) in [5, 5.41) is 4.32. The van der Waals surface area contributed by atoms with E-state index < -0.39 is 5.91 Å². The van der Waals surface area contributed by atoms with Crippen molar-refractivity contribution >= 4 is 39.4 Å². The Hall–Kier alpha value is -3.62. The van der Waals surface area contributed by atoms with Crippen molar-refractivity contribution in [2.75, 3.05) is 38.7 Å². The van der Waals surface area contributed by atoms with Crippen molar-refractivity contribution in [3.63, 3.8) is 0 Å². The smallest absolute Gasteiger partial charge is 0.291 e. The van der Waals surface area contributed by atoms with Crippen LogP contribution in [-0.4, -0.2) is 50.1 Å². The van der Waals surface area contributed by atoms with Gasteiger partial charge in [0.05, 0.1) is 19.8 Å². The predicted molar refractivity (Wildman–Crippen MR) is 118 cm³/mol. The zero-order valence-corrected chi connectivity index (χ0v) is 17.6. The number of ether oxygens (including phenoxy) is 2. The number of nitrogens with one attached hydrogen (secondary N) is 1. The number of fused-ring (bicyclic) bond motifs is 2. The van der Waals surface area contributed by atoms with Crippen LogP contribution >= 0.6 is 0 Å². The van der Waals surface area contributed by atoms with Gasteiger partial charge in [0.15, 0.2) is 5.76 Å². The van der Waals surface area contributed by atoms with E-state index >= 15 is 0 Å². The molecule has 32 heavy (non-hydrogen) atoms. The Balaban J connectivity index is 1.55. The zero-order chi connectivity index (χ0) is 22.1. The van der Waals surface area contributed by atoms with Crippen molar-refractivity contribution in [2.24, 2.45) is 0 Å². The summed E-state index contributed by atoms with van der Waals surface area (Å²) >= 11 is 0. The Kier molecular flexibility index (Phi) is 5.38. The summed E-state index contributed by atoms with van der Waals surface area (Å²) < 4.78 is 22.4. The topological polar surface area (TPSA) is 94.2 Å². The Morgan fingerprint density at radius 1 is 0.938 bits per heavy atom. The zero-order valence-electron chi connectivity index (χ0n) is 17.6. The molecule has 1 aliphatic heterocycles. The summed E-state index contributed by atoms with van der Waals surface area (Å²) in [6.45, 7) is 2.07. The van der Waals surface area contributed by atoms with E-state index in [1.54, 1.807) is 30.2 Å². The van der Waals surface area contributed by atoms with Crippen LogP contribution in [0.3, 0.4) is 0 Å². The van der Waals surface area contributed by atoms with Gasteiger partial charge in [-0.15, -0.1) is 0 Å². The fraction of sp³-hybridized carbons (Fsp3) is 0.250. The molecule has 5 rings (SSSR count). The number of furan rings is 2. The van der Waals surface area contributed by atoms with Crippen LogP contribution < -0.4 is 5.32 Å². The van der Waals surface area contributed by atoms with Gasteiger partial charge in [0, 0.05) is 36.5 Å². The molecule has 2 aromatic heterocycles. The lowest BCUT2D eigenvalue weighted by Gasteiger charge is -2.26. The molecule has 1 fully saturated rings. The van der Waals surface area contributed by atoms with E-state index in [9.17, 15) is 9.59 Å². The molecule has 8 heteroatoms. The summed E-state index contributed by atoms with van der Waals surface area (Å²) in [5.41, 5.74) is 2.08. The van der Waals surface area contributed by atoms with E-state index in [4.69, 9.17) is 18.3 Å². The van der Waals surface area contributed by atoms with E-state index in [2.05, 4.69) is 5.32 Å². The number of carbonyl (C=O) groups excluding carboxylic acids is 2. The molecule has 0 spiro atoms. The normalized spacial score (nSPS) is 14.2. The Labute approximate surface area is 183 Å². The van der Waals surface area contributed by atoms with Gasteiger partial charge in [-0.1, -0.05) is 30.3 Å². The molecular formula is C24H22N2O6. The number of amides is 2. The van der Waals surface area contributed by atoms with Crippen LogP contribution in [0.5, 0.6) is 0 Å². The maximum Gasteiger partial charge on any atom is 0.291 e. The van der Waals surface area contributed by atoms with Gasteiger partial charge < -0.3 is 28.5 Å². The second-order valence-electron chi connectivity index (χ2n) is 7.50. The number of nitrogens with zero attached hydrogens (tertiary/aromatic N) is 1. The molecule has 0 atom stereocenters. The number of morpholine rings is 1. The van der Waals surface area contributed by atoms with Gasteiger partial charge in [-0.05, 0) is 18.2 Å². The maximum absolute atomic E-state index is 13.3. The Bertz CT molecular complexity index is 1300. The summed E-state index contributed by atoms with van der Waals surface area (Å²) in [4.78, 5) is 28.2. The highest BCUT2D eigenvalue weighted by atomic mass is 16.5. The number of hydrogen-bond acceptors (Lipinski definition) is 6. The van der Waals surface area contributed by atoms with Gasteiger partial charge in [0.2, 0.25) is 5.76 Å². The average Bonchev–Trinajstić information content (AvgIpc) is 3.38. The van der Waals surface area contributed by atoms with E-state index in [1.165, 1.54) is 0 Å². The molecule has 0 aliphatic carbocycles. The van der Waals surface area contributed by atoms with Gasteiger partial charge in [-0.2, -0.15) is 0 Å². The summed E-state index contributed by atoms with van der Waals surface area (Å²) in [6.07, 6.45) is 0. The molecule has 1 aliphatic rings. The minimum Gasteiger partial charge on any atom is -0.451 e. The number of anilines is 1. The third-order valence-corrected chi connectivity index (χ3v) is 5.52. The van der Waals surface area contributed by atoms with Crippen LogP contribution in [0.4, 0.5) is 5.69 Å². The van der Waals surface area contributed by atoms with Gasteiger partial charge >= 0.3 is 0 Å². The van der Waals surface area contributed by atoms with Crippen molar-refractivity contribution < 1.29 is 27.9 Å². The highest BCUT2D eigenvalue weighted by Crippen LogP contribution is 2.34. The molecule has 2 aromatic carbocycles. The fourth-order valence-corrected chi connectivity index (χ4v) is 3.97. The first kappa shape index (κ1) is 20.3. The van der Waals surface area contributed by atoms with Crippen molar-refractivity contribution in [3.05, 3.63) is 65.6 Å². The van der Waals surface area contributed by atoms with Crippen LogP contribution in [-0.2, 0) is 16.1 Å². The molecular weight excluding hydrogens is 412 g/mol. The molecule has 0 bridgehead atoms. The first-order valence-electron chi connectivity index (χ1n) is 10.4. The summed E-state index contributed by atoms with van der Waals surface area (Å²) in [6, 6.07) is 14.6. The van der Waals surface area contributed by atoms with Crippen LogP contribution in [0, 0.1) is 0 Å². The van der Waals surface area contributed by atoms with Crippen LogP contribution in [0.25, 0.3) is 21.9 Å². The SMILES string of the molecule is COCc1c(C(=O)Nc2c(C(=O)N3CCOCC3)oc3ccccc23)oc2ccccc12. The summed E-state index contributed by atoms with van der Waals surface area (Å²) in [5.74, 6) is -0.536. The fourth-order valence-electron chi connectivity index (χ4n) is 3.97. The lowest BCUT2D eigenvalue weighted by Crippen LogP contribution is -2.40. The van der Waals surface area contributed by atoms with Gasteiger partial charge in [0.1, 0.15) is 16.9 Å². The first-order valence-corrected chi connectivity index (χ1v) is 10.4. The number of hydrogen-bond donors (Lipinski definition) is 1. The molecule has 2 amide bonds. The standard InChI is InChI=1S/C24H22N2O6/c1-29-14-17-15-6-2-4-8-18(15)31-21(17)23(27)25-20-16-7-3-5-9-19(16)32-22(20)24(28)26-10-12-30-13-11-26/h2-9H,10-14H2,1H3,(H,25,27). The third-order valence-electron chi connectivity index (χ3n) is 5.52. The number of para-hydroxylation sites is 2. The van der Waals surface area contributed by atoms with Gasteiger partial charge in [0.25, 0.3) is 11.8 Å². The molecule has 8 nitrogen and oxygen atoms in total. The second kappa shape index (κ2) is 8.49. The van der Waals surface area contributed by atoms with Gasteiger partial charge in [-0.3, -0.25) is 9.59 Å². The minimum absolute atomic E-state index is 0.0888. The van der Waals surface area contributed by atoms with E-state index in [1.807, 2.05) is 30.3 Å². The van der Waals surface area contributed by atoms with Crippen LogP contribution in [0.2, 0.25) is 0 Å².